The minimum absolute atomic E-state index is 0.0638. The minimum Gasteiger partial charge on any atom is -0.493 e. The van der Waals surface area contributed by atoms with Crippen LogP contribution in [-0.2, 0) is 4.79 Å². The minimum atomic E-state index is -0.0638. The summed E-state index contributed by atoms with van der Waals surface area (Å²) in [6.45, 7) is 5.57. The van der Waals surface area contributed by atoms with Gasteiger partial charge in [-0.05, 0) is 47.7 Å². The van der Waals surface area contributed by atoms with Crippen LogP contribution < -0.4 is 9.47 Å². The highest BCUT2D eigenvalue weighted by molar-refractivity contribution is 8.26. The lowest BCUT2D eigenvalue weighted by atomic mass is 9.98. The number of thioether (sulfide) groups is 1. The highest BCUT2D eigenvalue weighted by Crippen LogP contribution is 2.32. The number of likely N-dealkylation sites (N-methyl/N-ethyl adjacent to an activating group) is 1. The van der Waals surface area contributed by atoms with Gasteiger partial charge in [0.25, 0.3) is 5.91 Å². The highest BCUT2D eigenvalue weighted by Gasteiger charge is 2.28. The zero-order valence-electron chi connectivity index (χ0n) is 17.6. The van der Waals surface area contributed by atoms with Gasteiger partial charge in [-0.25, -0.2) is 0 Å². The van der Waals surface area contributed by atoms with Crippen molar-refractivity contribution in [3.8, 4) is 11.5 Å². The maximum atomic E-state index is 12.2. The van der Waals surface area contributed by atoms with Crippen LogP contribution in [0.1, 0.15) is 43.7 Å². The number of hydrogen-bond acceptors (Lipinski definition) is 5. The topological polar surface area (TPSA) is 38.8 Å². The number of carbonyl (C=O) groups is 1. The Hall–Kier alpha value is -2.31. The SMILES string of the molecule is CCC(C)c1ccccc1OCCCOc1cccc(/C=C2/SC(=S)N(C)C2=O)c1. The molecule has 3 rings (SSSR count). The maximum absolute atomic E-state index is 12.2. The third-order valence-electron chi connectivity index (χ3n) is 5.02. The standard InChI is InChI=1S/C24H27NO3S2/c1-4-17(2)20-11-5-6-12-21(20)28-14-8-13-27-19-10-7-9-18(15-19)16-22-23(26)25(3)24(29)30-22/h5-7,9-12,15-17H,4,8,13-14H2,1-3H3/b22-16+. The third-order valence-corrected chi connectivity index (χ3v) is 6.50. The molecule has 0 bridgehead atoms. The number of thiocarbonyl (C=S) groups is 1. The molecule has 6 heteroatoms. The number of ether oxygens (including phenoxy) is 2. The van der Waals surface area contributed by atoms with Crippen LogP contribution in [-0.4, -0.2) is 35.4 Å². The van der Waals surface area contributed by atoms with Crippen LogP contribution in [0.15, 0.2) is 53.4 Å². The summed E-state index contributed by atoms with van der Waals surface area (Å²) in [5.41, 5.74) is 2.17. The molecule has 1 unspecified atom stereocenters. The monoisotopic (exact) mass is 441 g/mol. The second-order valence-electron chi connectivity index (χ2n) is 7.21. The summed E-state index contributed by atoms with van der Waals surface area (Å²) in [5.74, 6) is 2.15. The van der Waals surface area contributed by atoms with Gasteiger partial charge in [-0.15, -0.1) is 0 Å². The average molecular weight is 442 g/mol. The number of amides is 1. The van der Waals surface area contributed by atoms with Crippen molar-refractivity contribution in [1.29, 1.82) is 0 Å². The first-order valence-electron chi connectivity index (χ1n) is 10.2. The molecule has 2 aromatic carbocycles. The average Bonchev–Trinajstić information content (AvgIpc) is 3.00. The highest BCUT2D eigenvalue weighted by atomic mass is 32.2. The first-order chi connectivity index (χ1) is 14.5. The summed E-state index contributed by atoms with van der Waals surface area (Å²) < 4.78 is 12.5. The molecule has 1 atom stereocenters. The molecule has 0 spiro atoms. The quantitative estimate of drug-likeness (QED) is 0.276. The van der Waals surface area contributed by atoms with Crippen LogP contribution in [0.2, 0.25) is 0 Å². The van der Waals surface area contributed by atoms with Gasteiger partial charge < -0.3 is 9.47 Å². The van der Waals surface area contributed by atoms with Crippen LogP contribution >= 0.6 is 24.0 Å². The van der Waals surface area contributed by atoms with E-state index in [-0.39, 0.29) is 5.91 Å². The Labute approximate surface area is 188 Å². The third kappa shape index (κ3) is 5.64. The summed E-state index contributed by atoms with van der Waals surface area (Å²) in [4.78, 5) is 14.3. The molecule has 30 heavy (non-hydrogen) atoms. The Morgan fingerprint density at radius 2 is 1.90 bits per heavy atom. The molecule has 0 aliphatic carbocycles. The maximum Gasteiger partial charge on any atom is 0.265 e. The second-order valence-corrected chi connectivity index (χ2v) is 8.89. The fourth-order valence-corrected chi connectivity index (χ4v) is 4.24. The zero-order chi connectivity index (χ0) is 21.5. The van der Waals surface area contributed by atoms with Crippen molar-refractivity contribution in [3.63, 3.8) is 0 Å². The lowest BCUT2D eigenvalue weighted by Crippen LogP contribution is -2.22. The van der Waals surface area contributed by atoms with Crippen molar-refractivity contribution in [3.05, 3.63) is 64.6 Å². The van der Waals surface area contributed by atoms with E-state index in [1.807, 2.05) is 42.5 Å². The van der Waals surface area contributed by atoms with E-state index >= 15 is 0 Å². The van der Waals surface area contributed by atoms with Crippen molar-refractivity contribution in [2.24, 2.45) is 0 Å². The van der Waals surface area contributed by atoms with E-state index in [4.69, 9.17) is 21.7 Å². The molecule has 1 amide bonds. The van der Waals surface area contributed by atoms with Gasteiger partial charge in [0, 0.05) is 13.5 Å². The van der Waals surface area contributed by atoms with Gasteiger partial charge in [0.1, 0.15) is 15.8 Å². The lowest BCUT2D eigenvalue weighted by Gasteiger charge is -2.15. The molecule has 1 fully saturated rings. The van der Waals surface area contributed by atoms with E-state index < -0.39 is 0 Å². The Morgan fingerprint density at radius 3 is 2.63 bits per heavy atom. The fourth-order valence-electron chi connectivity index (χ4n) is 3.06. The van der Waals surface area contributed by atoms with E-state index in [1.165, 1.54) is 22.2 Å². The predicted octanol–water partition coefficient (Wildman–Crippen LogP) is 5.88. The first-order valence-corrected chi connectivity index (χ1v) is 11.4. The molecule has 0 saturated carbocycles. The predicted molar refractivity (Wildman–Crippen MR) is 128 cm³/mol. The lowest BCUT2D eigenvalue weighted by molar-refractivity contribution is -0.121. The van der Waals surface area contributed by atoms with E-state index in [9.17, 15) is 4.79 Å². The molecule has 1 saturated heterocycles. The molecule has 0 N–H and O–H groups in total. The van der Waals surface area contributed by atoms with Crippen LogP contribution in [0.3, 0.4) is 0 Å². The summed E-state index contributed by atoms with van der Waals surface area (Å²) in [7, 11) is 1.70. The summed E-state index contributed by atoms with van der Waals surface area (Å²) in [6.07, 6.45) is 3.72. The Balaban J connectivity index is 1.50. The number of para-hydroxylation sites is 1. The molecule has 0 aromatic heterocycles. The van der Waals surface area contributed by atoms with E-state index in [1.54, 1.807) is 7.05 Å². The van der Waals surface area contributed by atoms with Crippen LogP contribution in [0.25, 0.3) is 6.08 Å². The zero-order valence-corrected chi connectivity index (χ0v) is 19.2. The number of nitrogens with zero attached hydrogens (tertiary/aromatic N) is 1. The second kappa shape index (κ2) is 10.6. The summed E-state index contributed by atoms with van der Waals surface area (Å²) in [5, 5.41) is 0. The molecule has 1 heterocycles. The van der Waals surface area contributed by atoms with E-state index in [0.717, 1.165) is 29.9 Å². The number of carbonyl (C=O) groups excluding carboxylic acids is 1. The van der Waals surface area contributed by atoms with Gasteiger partial charge in [0.2, 0.25) is 0 Å². The van der Waals surface area contributed by atoms with Gasteiger partial charge in [-0.2, -0.15) is 0 Å². The van der Waals surface area contributed by atoms with Crippen LogP contribution in [0.5, 0.6) is 11.5 Å². The van der Waals surface area contributed by atoms with Gasteiger partial charge in [0.15, 0.2) is 0 Å². The van der Waals surface area contributed by atoms with Crippen LogP contribution in [0, 0.1) is 0 Å². The Kier molecular flexibility index (Phi) is 7.94. The molecular weight excluding hydrogens is 414 g/mol. The molecule has 1 aliphatic rings. The number of hydrogen-bond donors (Lipinski definition) is 0. The summed E-state index contributed by atoms with van der Waals surface area (Å²) >= 11 is 6.50. The van der Waals surface area contributed by atoms with Gasteiger partial charge in [-0.1, -0.05) is 68.2 Å². The van der Waals surface area contributed by atoms with Gasteiger partial charge in [-0.3, -0.25) is 9.69 Å². The Morgan fingerprint density at radius 1 is 1.13 bits per heavy atom. The van der Waals surface area contributed by atoms with Crippen molar-refractivity contribution in [1.82, 2.24) is 4.90 Å². The van der Waals surface area contributed by atoms with Crippen molar-refractivity contribution >= 4 is 40.3 Å². The van der Waals surface area contributed by atoms with Crippen LogP contribution in [0.4, 0.5) is 0 Å². The molecular formula is C24H27NO3S2. The van der Waals surface area contributed by atoms with Gasteiger partial charge >= 0.3 is 0 Å². The molecule has 4 nitrogen and oxygen atoms in total. The number of rotatable bonds is 9. The smallest absolute Gasteiger partial charge is 0.265 e. The van der Waals surface area contributed by atoms with Crippen molar-refractivity contribution < 1.29 is 14.3 Å². The first kappa shape index (κ1) is 22.4. The summed E-state index contributed by atoms with van der Waals surface area (Å²) in [6, 6.07) is 16.0. The fraction of sp³-hybridized carbons (Fsp3) is 0.333. The van der Waals surface area contributed by atoms with Crippen molar-refractivity contribution in [2.45, 2.75) is 32.6 Å². The largest absolute Gasteiger partial charge is 0.493 e. The Bertz CT molecular complexity index is 942. The molecule has 1 aliphatic heterocycles. The molecule has 0 radical (unpaired) electrons. The van der Waals surface area contributed by atoms with Crippen molar-refractivity contribution in [2.75, 3.05) is 20.3 Å². The number of benzene rings is 2. The molecule has 2 aromatic rings. The normalized spacial score (nSPS) is 16.2. The molecule has 158 valence electrons. The van der Waals surface area contributed by atoms with E-state index in [0.29, 0.717) is 28.4 Å². The van der Waals surface area contributed by atoms with Gasteiger partial charge in [0.05, 0.1) is 18.1 Å². The van der Waals surface area contributed by atoms with E-state index in [2.05, 4.69) is 26.0 Å².